The highest BCUT2D eigenvalue weighted by atomic mass is 79.9. The average molecular weight is 386 g/mol. The number of benzene rings is 2. The molecule has 0 radical (unpaired) electrons. The van der Waals surface area contributed by atoms with E-state index in [2.05, 4.69) is 40.3 Å². The Balaban J connectivity index is 1.58. The van der Waals surface area contributed by atoms with Gasteiger partial charge in [0, 0.05) is 16.6 Å². The topological polar surface area (TPSA) is 45.4 Å². The van der Waals surface area contributed by atoms with Crippen molar-refractivity contribution in [1.29, 1.82) is 0 Å². The second-order valence-electron chi connectivity index (χ2n) is 5.78. The van der Waals surface area contributed by atoms with Gasteiger partial charge >= 0.3 is 0 Å². The van der Waals surface area contributed by atoms with Crippen LogP contribution in [0.25, 0.3) is 11.3 Å². The van der Waals surface area contributed by atoms with E-state index in [0.717, 1.165) is 32.7 Å². The van der Waals surface area contributed by atoms with E-state index in [9.17, 15) is 5.11 Å². The Hall–Kier alpha value is -1.88. The molecule has 2 aromatic carbocycles. The third kappa shape index (κ3) is 4.15. The zero-order chi connectivity index (χ0) is 16.9. The Morgan fingerprint density at radius 1 is 1.08 bits per heavy atom. The van der Waals surface area contributed by atoms with Gasteiger partial charge in [-0.15, -0.1) is 0 Å². The summed E-state index contributed by atoms with van der Waals surface area (Å²) in [5.41, 5.74) is 3.17. The minimum atomic E-state index is -0.519. The maximum absolute atomic E-state index is 10.1. The van der Waals surface area contributed by atoms with Crippen LogP contribution in [0.4, 0.5) is 0 Å². The van der Waals surface area contributed by atoms with Crippen LogP contribution < -0.4 is 5.32 Å². The molecule has 124 valence electrons. The summed E-state index contributed by atoms with van der Waals surface area (Å²) in [6.07, 6.45) is -0.519. The first kappa shape index (κ1) is 17.0. The van der Waals surface area contributed by atoms with Crippen molar-refractivity contribution in [1.82, 2.24) is 5.32 Å². The van der Waals surface area contributed by atoms with Crippen molar-refractivity contribution in [2.45, 2.75) is 19.6 Å². The van der Waals surface area contributed by atoms with Gasteiger partial charge in [-0.05, 0) is 48.4 Å². The van der Waals surface area contributed by atoms with Gasteiger partial charge in [0.1, 0.15) is 11.5 Å². The van der Waals surface area contributed by atoms with Gasteiger partial charge in [0.05, 0.1) is 12.6 Å². The van der Waals surface area contributed by atoms with Crippen molar-refractivity contribution in [2.75, 3.05) is 6.54 Å². The molecule has 1 heterocycles. The van der Waals surface area contributed by atoms with E-state index >= 15 is 0 Å². The Morgan fingerprint density at radius 3 is 2.62 bits per heavy atom. The van der Waals surface area contributed by atoms with Crippen molar-refractivity contribution in [3.8, 4) is 11.3 Å². The van der Waals surface area contributed by atoms with Gasteiger partial charge in [-0.1, -0.05) is 46.3 Å². The molecule has 1 aromatic heterocycles. The minimum absolute atomic E-state index is 0.483. The second-order valence-corrected chi connectivity index (χ2v) is 6.70. The Bertz CT molecular complexity index is 798. The van der Waals surface area contributed by atoms with Gasteiger partial charge in [0.25, 0.3) is 0 Å². The molecule has 24 heavy (non-hydrogen) atoms. The number of aliphatic hydroxyl groups excluding tert-OH is 1. The average Bonchev–Trinajstić information content (AvgIpc) is 3.04. The maximum Gasteiger partial charge on any atom is 0.134 e. The van der Waals surface area contributed by atoms with Crippen LogP contribution >= 0.6 is 15.9 Å². The molecule has 0 fully saturated rings. The lowest BCUT2D eigenvalue weighted by atomic mass is 10.1. The minimum Gasteiger partial charge on any atom is -0.460 e. The summed E-state index contributed by atoms with van der Waals surface area (Å²) in [6, 6.07) is 19.7. The van der Waals surface area contributed by atoms with E-state index in [1.807, 2.05) is 48.5 Å². The van der Waals surface area contributed by atoms with Crippen LogP contribution in [-0.4, -0.2) is 11.7 Å². The van der Waals surface area contributed by atoms with Crippen LogP contribution in [0, 0.1) is 6.92 Å². The fourth-order valence-electron chi connectivity index (χ4n) is 2.65. The van der Waals surface area contributed by atoms with Crippen LogP contribution in [0.3, 0.4) is 0 Å². The lowest BCUT2D eigenvalue weighted by molar-refractivity contribution is 0.173. The number of nitrogens with one attached hydrogen (secondary N) is 1. The number of halogens is 1. The van der Waals surface area contributed by atoms with Crippen LogP contribution in [0.5, 0.6) is 0 Å². The highest BCUT2D eigenvalue weighted by molar-refractivity contribution is 9.10. The van der Waals surface area contributed by atoms with Crippen molar-refractivity contribution in [2.24, 2.45) is 0 Å². The standard InChI is InChI=1S/C20H20BrNO2/c1-14-11-16(21)7-9-18(14)20-10-8-17(24-20)12-22-13-19(23)15-5-3-2-4-6-15/h2-11,19,22-23H,12-13H2,1H3/t19-/m1/s1. The zero-order valence-corrected chi connectivity index (χ0v) is 15.1. The number of aliphatic hydroxyl groups is 1. The molecule has 0 saturated heterocycles. The maximum atomic E-state index is 10.1. The summed E-state index contributed by atoms with van der Waals surface area (Å²) in [5, 5.41) is 13.4. The fourth-order valence-corrected chi connectivity index (χ4v) is 3.12. The van der Waals surface area contributed by atoms with E-state index in [4.69, 9.17) is 4.42 Å². The molecule has 0 amide bonds. The highest BCUT2D eigenvalue weighted by Crippen LogP contribution is 2.27. The fraction of sp³-hybridized carbons (Fsp3) is 0.200. The zero-order valence-electron chi connectivity index (χ0n) is 13.5. The van der Waals surface area contributed by atoms with Crippen LogP contribution in [0.2, 0.25) is 0 Å². The van der Waals surface area contributed by atoms with Crippen molar-refractivity contribution >= 4 is 15.9 Å². The monoisotopic (exact) mass is 385 g/mol. The first-order valence-electron chi connectivity index (χ1n) is 7.92. The largest absolute Gasteiger partial charge is 0.460 e. The van der Waals surface area contributed by atoms with E-state index in [1.54, 1.807) is 0 Å². The Labute approximate surface area is 150 Å². The molecule has 2 N–H and O–H groups in total. The summed E-state index contributed by atoms with van der Waals surface area (Å²) in [5.74, 6) is 1.72. The molecular formula is C20H20BrNO2. The summed E-state index contributed by atoms with van der Waals surface area (Å²) < 4.78 is 6.98. The number of hydrogen-bond acceptors (Lipinski definition) is 3. The van der Waals surface area contributed by atoms with Crippen LogP contribution in [0.15, 0.2) is 69.6 Å². The predicted octanol–water partition coefficient (Wildman–Crippen LogP) is 4.84. The third-order valence-corrected chi connectivity index (χ3v) is 4.43. The summed E-state index contributed by atoms with van der Waals surface area (Å²) in [7, 11) is 0. The van der Waals surface area contributed by atoms with Gasteiger partial charge in [-0.25, -0.2) is 0 Å². The van der Waals surface area contributed by atoms with E-state index < -0.39 is 6.10 Å². The van der Waals surface area contributed by atoms with E-state index in [0.29, 0.717) is 13.1 Å². The number of rotatable bonds is 6. The number of furan rings is 1. The first-order valence-corrected chi connectivity index (χ1v) is 8.72. The molecule has 3 rings (SSSR count). The normalized spacial score (nSPS) is 12.3. The molecule has 1 atom stereocenters. The Morgan fingerprint density at radius 2 is 1.88 bits per heavy atom. The summed E-state index contributed by atoms with van der Waals surface area (Å²) in [4.78, 5) is 0. The first-order chi connectivity index (χ1) is 11.6. The smallest absolute Gasteiger partial charge is 0.134 e. The second kappa shape index (κ2) is 7.79. The van der Waals surface area contributed by atoms with Crippen molar-refractivity contribution in [3.63, 3.8) is 0 Å². The number of hydrogen-bond donors (Lipinski definition) is 2. The molecule has 3 aromatic rings. The highest BCUT2D eigenvalue weighted by Gasteiger charge is 2.09. The van der Waals surface area contributed by atoms with Crippen molar-refractivity contribution < 1.29 is 9.52 Å². The molecule has 0 aliphatic heterocycles. The summed E-state index contributed by atoms with van der Waals surface area (Å²) in [6.45, 7) is 3.13. The molecule has 0 saturated carbocycles. The molecule has 0 aliphatic carbocycles. The van der Waals surface area contributed by atoms with Gasteiger partial charge < -0.3 is 14.8 Å². The lowest BCUT2D eigenvalue weighted by Gasteiger charge is -2.11. The van der Waals surface area contributed by atoms with Gasteiger partial charge in [-0.2, -0.15) is 0 Å². The van der Waals surface area contributed by atoms with Gasteiger partial charge in [0.2, 0.25) is 0 Å². The molecule has 0 unspecified atom stereocenters. The quantitative estimate of drug-likeness (QED) is 0.637. The molecular weight excluding hydrogens is 366 g/mol. The van der Waals surface area contributed by atoms with Gasteiger partial charge in [-0.3, -0.25) is 0 Å². The number of aryl methyl sites for hydroxylation is 1. The van der Waals surface area contributed by atoms with Crippen LogP contribution in [0.1, 0.15) is 23.0 Å². The molecule has 3 nitrogen and oxygen atoms in total. The van der Waals surface area contributed by atoms with E-state index in [1.165, 1.54) is 0 Å². The lowest BCUT2D eigenvalue weighted by Crippen LogP contribution is -2.20. The van der Waals surface area contributed by atoms with Gasteiger partial charge in [0.15, 0.2) is 0 Å². The Kier molecular flexibility index (Phi) is 5.51. The summed E-state index contributed by atoms with van der Waals surface area (Å²) >= 11 is 3.48. The third-order valence-electron chi connectivity index (χ3n) is 3.94. The van der Waals surface area contributed by atoms with Crippen molar-refractivity contribution in [3.05, 3.63) is 82.0 Å². The SMILES string of the molecule is Cc1cc(Br)ccc1-c1ccc(CNC[C@@H](O)c2ccccc2)o1. The molecule has 0 spiro atoms. The molecule has 0 bridgehead atoms. The van der Waals surface area contributed by atoms with E-state index in [-0.39, 0.29) is 0 Å². The predicted molar refractivity (Wildman–Crippen MR) is 99.7 cm³/mol. The molecule has 0 aliphatic rings. The van der Waals surface area contributed by atoms with Crippen LogP contribution in [-0.2, 0) is 6.54 Å². The molecule has 4 heteroatoms.